The summed E-state index contributed by atoms with van der Waals surface area (Å²) in [6.07, 6.45) is 1.42. The first-order valence-electron chi connectivity index (χ1n) is 4.71. The number of anilines is 1. The normalized spacial score (nSPS) is 10.1. The highest BCUT2D eigenvalue weighted by Gasteiger charge is 2.06. The first-order valence-corrected chi connectivity index (χ1v) is 4.71. The first kappa shape index (κ1) is 12.0. The number of rotatable bonds is 3. The minimum absolute atomic E-state index is 0.0445. The van der Waals surface area contributed by atoms with E-state index in [9.17, 15) is 14.4 Å². The molecular formula is C9H14N4O3. The number of nitrogens with two attached hydrogens (primary N) is 1. The summed E-state index contributed by atoms with van der Waals surface area (Å²) in [6, 6.07) is 0. The molecule has 7 nitrogen and oxygen atoms in total. The minimum atomic E-state index is -0.611. The van der Waals surface area contributed by atoms with Gasteiger partial charge in [0.2, 0.25) is 5.91 Å². The Morgan fingerprint density at radius 2 is 2.12 bits per heavy atom. The average Bonchev–Trinajstić information content (AvgIpc) is 2.20. The number of hydrogen-bond donors (Lipinski definition) is 2. The maximum Gasteiger partial charge on any atom is 0.328 e. The number of nitrogens with one attached hydrogen (secondary N) is 1. The molecule has 0 bridgehead atoms. The lowest BCUT2D eigenvalue weighted by Crippen LogP contribution is -2.32. The van der Waals surface area contributed by atoms with Crippen molar-refractivity contribution in [1.82, 2.24) is 14.5 Å². The SMILES string of the molecule is CN(C)C(=O)CCn1cc(N)c(=O)[nH]c1=O. The number of H-pyrrole nitrogens is 1. The van der Waals surface area contributed by atoms with Crippen molar-refractivity contribution in [2.24, 2.45) is 0 Å². The summed E-state index contributed by atoms with van der Waals surface area (Å²) in [4.78, 5) is 37.1. The Morgan fingerprint density at radius 1 is 1.50 bits per heavy atom. The molecule has 0 fully saturated rings. The Bertz CT molecular complexity index is 500. The third-order valence-corrected chi connectivity index (χ3v) is 2.10. The predicted octanol–water partition coefficient (Wildman–Crippen LogP) is -1.40. The summed E-state index contributed by atoms with van der Waals surface area (Å²) in [6.45, 7) is 0.191. The molecule has 1 amide bonds. The van der Waals surface area contributed by atoms with Gasteiger partial charge in [-0.25, -0.2) is 4.79 Å². The van der Waals surface area contributed by atoms with Crippen LogP contribution in [0, 0.1) is 0 Å². The van der Waals surface area contributed by atoms with Crippen LogP contribution in [0.2, 0.25) is 0 Å². The van der Waals surface area contributed by atoms with Gasteiger partial charge in [0.25, 0.3) is 5.56 Å². The van der Waals surface area contributed by atoms with Crippen LogP contribution in [0.3, 0.4) is 0 Å². The van der Waals surface area contributed by atoms with Crippen molar-refractivity contribution in [3.8, 4) is 0 Å². The van der Waals surface area contributed by atoms with E-state index >= 15 is 0 Å². The van der Waals surface area contributed by atoms with Gasteiger partial charge in [0.15, 0.2) is 0 Å². The molecule has 1 aromatic rings. The van der Waals surface area contributed by atoms with Gasteiger partial charge >= 0.3 is 5.69 Å². The zero-order chi connectivity index (χ0) is 12.3. The standard InChI is InChI=1S/C9H14N4O3/c1-12(2)7(14)3-4-13-5-6(10)8(15)11-9(13)16/h5H,3-4,10H2,1-2H3,(H,11,15,16). The number of amides is 1. The maximum atomic E-state index is 11.3. The lowest BCUT2D eigenvalue weighted by molar-refractivity contribution is -0.128. The second-order valence-electron chi connectivity index (χ2n) is 3.58. The molecule has 0 radical (unpaired) electrons. The summed E-state index contributed by atoms with van der Waals surface area (Å²) in [5.41, 5.74) is 4.14. The second-order valence-corrected chi connectivity index (χ2v) is 3.58. The number of carbonyl (C=O) groups excluding carboxylic acids is 1. The van der Waals surface area contributed by atoms with E-state index in [2.05, 4.69) is 4.98 Å². The third-order valence-electron chi connectivity index (χ3n) is 2.10. The van der Waals surface area contributed by atoms with Crippen molar-refractivity contribution < 1.29 is 4.79 Å². The third kappa shape index (κ3) is 2.72. The van der Waals surface area contributed by atoms with E-state index in [-0.39, 0.29) is 24.6 Å². The van der Waals surface area contributed by atoms with Crippen LogP contribution in [0.15, 0.2) is 15.8 Å². The van der Waals surface area contributed by atoms with Gasteiger partial charge in [-0.2, -0.15) is 0 Å². The number of aromatic amines is 1. The van der Waals surface area contributed by atoms with Gasteiger partial charge in [0.05, 0.1) is 0 Å². The van der Waals surface area contributed by atoms with E-state index in [0.717, 1.165) is 0 Å². The summed E-state index contributed by atoms with van der Waals surface area (Å²) < 4.78 is 1.21. The summed E-state index contributed by atoms with van der Waals surface area (Å²) in [5, 5.41) is 0. The molecule has 0 aliphatic rings. The van der Waals surface area contributed by atoms with Gasteiger partial charge in [-0.15, -0.1) is 0 Å². The Labute approximate surface area is 91.5 Å². The molecule has 0 saturated heterocycles. The largest absolute Gasteiger partial charge is 0.393 e. The molecule has 88 valence electrons. The Hall–Kier alpha value is -2.05. The highest BCUT2D eigenvalue weighted by Crippen LogP contribution is 1.93. The van der Waals surface area contributed by atoms with Gasteiger partial charge < -0.3 is 10.6 Å². The Kier molecular flexibility index (Phi) is 3.49. The molecule has 1 rings (SSSR count). The molecule has 1 aromatic heterocycles. The van der Waals surface area contributed by atoms with Crippen LogP contribution in [0.1, 0.15) is 6.42 Å². The molecule has 0 atom stereocenters. The number of aromatic nitrogens is 2. The predicted molar refractivity (Wildman–Crippen MR) is 59.0 cm³/mol. The second kappa shape index (κ2) is 4.65. The molecule has 0 aromatic carbocycles. The number of hydrogen-bond acceptors (Lipinski definition) is 4. The fourth-order valence-electron chi connectivity index (χ4n) is 1.13. The summed E-state index contributed by atoms with van der Waals surface area (Å²) >= 11 is 0. The van der Waals surface area contributed by atoms with Crippen LogP contribution in [0.4, 0.5) is 5.69 Å². The smallest absolute Gasteiger partial charge is 0.328 e. The number of nitrogen functional groups attached to an aromatic ring is 1. The molecule has 0 unspecified atom stereocenters. The molecule has 0 aliphatic carbocycles. The van der Waals surface area contributed by atoms with E-state index in [0.29, 0.717) is 0 Å². The first-order chi connectivity index (χ1) is 7.41. The average molecular weight is 226 g/mol. The van der Waals surface area contributed by atoms with Crippen LogP contribution in [0.25, 0.3) is 0 Å². The van der Waals surface area contributed by atoms with E-state index in [4.69, 9.17) is 5.73 Å². The Balaban J connectivity index is 2.83. The van der Waals surface area contributed by atoms with Gasteiger partial charge in [-0.05, 0) is 0 Å². The molecule has 7 heteroatoms. The topological polar surface area (TPSA) is 101 Å². The molecule has 1 heterocycles. The molecule has 0 aliphatic heterocycles. The van der Waals surface area contributed by atoms with Crippen molar-refractivity contribution in [3.63, 3.8) is 0 Å². The quantitative estimate of drug-likeness (QED) is 0.661. The van der Waals surface area contributed by atoms with Crippen molar-refractivity contribution in [3.05, 3.63) is 27.0 Å². The van der Waals surface area contributed by atoms with Crippen molar-refractivity contribution >= 4 is 11.6 Å². The number of carbonyl (C=O) groups is 1. The van der Waals surface area contributed by atoms with Crippen molar-refractivity contribution in [2.45, 2.75) is 13.0 Å². The zero-order valence-corrected chi connectivity index (χ0v) is 9.19. The van der Waals surface area contributed by atoms with Crippen LogP contribution >= 0.6 is 0 Å². The van der Waals surface area contributed by atoms with Crippen molar-refractivity contribution in [2.75, 3.05) is 19.8 Å². The molecular weight excluding hydrogens is 212 g/mol. The van der Waals surface area contributed by atoms with Crippen LogP contribution in [-0.2, 0) is 11.3 Å². The zero-order valence-electron chi connectivity index (χ0n) is 9.19. The molecule has 0 spiro atoms. The highest BCUT2D eigenvalue weighted by molar-refractivity contribution is 5.75. The van der Waals surface area contributed by atoms with Crippen LogP contribution in [0.5, 0.6) is 0 Å². The number of aryl methyl sites for hydroxylation is 1. The lowest BCUT2D eigenvalue weighted by atomic mass is 10.3. The molecule has 3 N–H and O–H groups in total. The van der Waals surface area contributed by atoms with Crippen LogP contribution in [-0.4, -0.2) is 34.5 Å². The summed E-state index contributed by atoms with van der Waals surface area (Å²) in [7, 11) is 3.26. The minimum Gasteiger partial charge on any atom is -0.393 e. The van der Waals surface area contributed by atoms with Gasteiger partial charge in [0, 0.05) is 33.3 Å². The Morgan fingerprint density at radius 3 is 2.69 bits per heavy atom. The van der Waals surface area contributed by atoms with Gasteiger partial charge in [-0.1, -0.05) is 0 Å². The summed E-state index contributed by atoms with van der Waals surface area (Å²) in [5.74, 6) is -0.100. The van der Waals surface area contributed by atoms with E-state index in [1.54, 1.807) is 14.1 Å². The monoisotopic (exact) mass is 226 g/mol. The fourth-order valence-corrected chi connectivity index (χ4v) is 1.13. The van der Waals surface area contributed by atoms with Crippen molar-refractivity contribution in [1.29, 1.82) is 0 Å². The van der Waals surface area contributed by atoms with E-state index < -0.39 is 11.2 Å². The number of nitrogens with zero attached hydrogens (tertiary/aromatic N) is 2. The lowest BCUT2D eigenvalue weighted by Gasteiger charge is -2.10. The van der Waals surface area contributed by atoms with Gasteiger partial charge in [0.1, 0.15) is 5.69 Å². The van der Waals surface area contributed by atoms with E-state index in [1.165, 1.54) is 15.7 Å². The van der Waals surface area contributed by atoms with E-state index in [1.807, 2.05) is 0 Å². The highest BCUT2D eigenvalue weighted by atomic mass is 16.2. The molecule has 16 heavy (non-hydrogen) atoms. The molecule has 0 saturated carbocycles. The fraction of sp³-hybridized carbons (Fsp3) is 0.444. The van der Waals surface area contributed by atoms with Crippen LogP contribution < -0.4 is 17.0 Å². The van der Waals surface area contributed by atoms with Gasteiger partial charge in [-0.3, -0.25) is 19.1 Å². The maximum absolute atomic E-state index is 11.3.